The van der Waals surface area contributed by atoms with Gasteiger partial charge in [-0.3, -0.25) is 4.18 Å². The van der Waals surface area contributed by atoms with Gasteiger partial charge in [0.2, 0.25) is 0 Å². The van der Waals surface area contributed by atoms with Crippen molar-refractivity contribution in [3.63, 3.8) is 0 Å². The molecule has 0 aliphatic carbocycles. The van der Waals surface area contributed by atoms with E-state index in [9.17, 15) is 8.42 Å². The summed E-state index contributed by atoms with van der Waals surface area (Å²) in [5, 5.41) is 0. The summed E-state index contributed by atoms with van der Waals surface area (Å²) in [5.41, 5.74) is 8.04. The van der Waals surface area contributed by atoms with Gasteiger partial charge in [-0.05, 0) is 47.6 Å². The van der Waals surface area contributed by atoms with E-state index in [4.69, 9.17) is 9.92 Å². The van der Waals surface area contributed by atoms with Crippen LogP contribution in [0, 0.1) is 6.92 Å². The van der Waals surface area contributed by atoms with E-state index in [1.807, 2.05) is 17.6 Å². The minimum absolute atomic E-state index is 0.0169. The third-order valence-corrected chi connectivity index (χ3v) is 5.62. The fourth-order valence-corrected chi connectivity index (χ4v) is 3.82. The van der Waals surface area contributed by atoms with E-state index in [2.05, 4.69) is 25.9 Å². The first-order chi connectivity index (χ1) is 12.4. The fourth-order valence-electron chi connectivity index (χ4n) is 2.60. The zero-order chi connectivity index (χ0) is 18.7. The molecule has 26 heavy (non-hydrogen) atoms. The number of nitrogens with two attached hydrogens (primary N) is 1. The summed E-state index contributed by atoms with van der Waals surface area (Å²) in [6.07, 6.45) is 2.25. The Kier molecular flexibility index (Phi) is 5.71. The molecule has 138 valence electrons. The predicted molar refractivity (Wildman–Crippen MR) is 102 cm³/mol. The van der Waals surface area contributed by atoms with Gasteiger partial charge in [0.25, 0.3) is 10.1 Å². The Morgan fingerprint density at radius 3 is 2.69 bits per heavy atom. The van der Waals surface area contributed by atoms with E-state index in [1.54, 1.807) is 18.3 Å². The second kappa shape index (κ2) is 7.83. The average molecular weight is 439 g/mol. The molecule has 0 amide bonds. The van der Waals surface area contributed by atoms with Gasteiger partial charge in [0.15, 0.2) is 5.65 Å². The van der Waals surface area contributed by atoms with E-state index in [0.29, 0.717) is 25.2 Å². The molecule has 0 unspecified atom stereocenters. The number of hydrogen-bond donors (Lipinski definition) is 1. The first-order valence-electron chi connectivity index (χ1n) is 8.07. The third-order valence-electron chi connectivity index (χ3n) is 3.86. The standard InChI is InChI=1S/C17H19BrN4O3S/c1-12-2-4-14(5-3-12)26(23,24)25-9-8-22-16(6-7-19)21-15-10-13(18)11-20-17(15)22/h2-5,10-11H,6-9,19H2,1H3. The molecule has 9 heteroatoms. The Balaban J connectivity index is 1.78. The molecule has 0 saturated carbocycles. The average Bonchev–Trinajstić information content (AvgIpc) is 2.92. The number of fused-ring (bicyclic) bond motifs is 1. The number of hydrogen-bond acceptors (Lipinski definition) is 6. The van der Waals surface area contributed by atoms with E-state index >= 15 is 0 Å². The topological polar surface area (TPSA) is 100 Å². The minimum Gasteiger partial charge on any atom is -0.330 e. The molecule has 2 N–H and O–H groups in total. The van der Waals surface area contributed by atoms with Crippen molar-refractivity contribution in [3.05, 3.63) is 52.4 Å². The van der Waals surface area contributed by atoms with Gasteiger partial charge in [0, 0.05) is 17.1 Å². The van der Waals surface area contributed by atoms with Crippen LogP contribution in [0.15, 0.2) is 45.9 Å². The van der Waals surface area contributed by atoms with Crippen LogP contribution in [0.1, 0.15) is 11.4 Å². The van der Waals surface area contributed by atoms with Crippen molar-refractivity contribution in [1.29, 1.82) is 0 Å². The van der Waals surface area contributed by atoms with E-state index < -0.39 is 10.1 Å². The Morgan fingerprint density at radius 2 is 2.00 bits per heavy atom. The van der Waals surface area contributed by atoms with Gasteiger partial charge in [-0.25, -0.2) is 9.97 Å². The second-order valence-electron chi connectivity index (χ2n) is 5.80. The van der Waals surface area contributed by atoms with Crippen molar-refractivity contribution < 1.29 is 12.6 Å². The first-order valence-corrected chi connectivity index (χ1v) is 10.3. The smallest absolute Gasteiger partial charge is 0.297 e. The Labute approximate surface area is 160 Å². The molecule has 0 aliphatic rings. The van der Waals surface area contributed by atoms with E-state index in [1.165, 1.54) is 12.1 Å². The summed E-state index contributed by atoms with van der Waals surface area (Å²) in [6, 6.07) is 8.41. The van der Waals surface area contributed by atoms with Gasteiger partial charge in [-0.15, -0.1) is 0 Å². The molecule has 0 atom stereocenters. The molecule has 3 rings (SSSR count). The molecule has 0 bridgehead atoms. The van der Waals surface area contributed by atoms with Crippen LogP contribution in [-0.4, -0.2) is 36.1 Å². The molecule has 0 fully saturated rings. The van der Waals surface area contributed by atoms with E-state index in [0.717, 1.165) is 21.4 Å². The first kappa shape index (κ1) is 19.0. The summed E-state index contributed by atoms with van der Waals surface area (Å²) in [7, 11) is -3.80. The number of nitrogens with zero attached hydrogens (tertiary/aromatic N) is 3. The molecule has 2 heterocycles. The third kappa shape index (κ3) is 4.12. The normalized spacial score (nSPS) is 12.0. The van der Waals surface area contributed by atoms with Crippen molar-refractivity contribution >= 4 is 37.2 Å². The van der Waals surface area contributed by atoms with Crippen LogP contribution in [-0.2, 0) is 27.3 Å². The van der Waals surface area contributed by atoms with Crippen LogP contribution in [0.25, 0.3) is 11.2 Å². The number of benzene rings is 1. The maximum Gasteiger partial charge on any atom is 0.297 e. The minimum atomic E-state index is -3.80. The number of rotatable bonds is 7. The van der Waals surface area contributed by atoms with Gasteiger partial charge in [0.1, 0.15) is 11.3 Å². The highest BCUT2D eigenvalue weighted by molar-refractivity contribution is 9.10. The molecule has 2 aromatic heterocycles. The van der Waals surface area contributed by atoms with Gasteiger partial charge in [0.05, 0.1) is 18.0 Å². The van der Waals surface area contributed by atoms with Crippen LogP contribution in [0.2, 0.25) is 0 Å². The van der Waals surface area contributed by atoms with Crippen molar-refractivity contribution in [2.45, 2.75) is 24.8 Å². The zero-order valence-corrected chi connectivity index (χ0v) is 16.6. The van der Waals surface area contributed by atoms with E-state index in [-0.39, 0.29) is 11.5 Å². The number of pyridine rings is 1. The zero-order valence-electron chi connectivity index (χ0n) is 14.2. The lowest BCUT2D eigenvalue weighted by Gasteiger charge is -2.09. The van der Waals surface area contributed by atoms with Gasteiger partial charge >= 0.3 is 0 Å². The van der Waals surface area contributed by atoms with Crippen molar-refractivity contribution in [3.8, 4) is 0 Å². The lowest BCUT2D eigenvalue weighted by atomic mass is 10.2. The number of imidazole rings is 1. The molecule has 3 aromatic rings. The summed E-state index contributed by atoms with van der Waals surface area (Å²) in [6.45, 7) is 2.63. The van der Waals surface area contributed by atoms with Crippen LogP contribution < -0.4 is 5.73 Å². The second-order valence-corrected chi connectivity index (χ2v) is 8.33. The van der Waals surface area contributed by atoms with Crippen LogP contribution >= 0.6 is 15.9 Å². The molecule has 0 saturated heterocycles. The van der Waals surface area contributed by atoms with Crippen molar-refractivity contribution in [2.75, 3.05) is 13.2 Å². The Hall–Kier alpha value is -1.81. The molecular formula is C17H19BrN4O3S. The van der Waals surface area contributed by atoms with Crippen LogP contribution in [0.4, 0.5) is 0 Å². The molecular weight excluding hydrogens is 420 g/mol. The SMILES string of the molecule is Cc1ccc(S(=O)(=O)OCCn2c(CCN)nc3cc(Br)cnc32)cc1. The quantitative estimate of drug-likeness (QED) is 0.568. The summed E-state index contributed by atoms with van der Waals surface area (Å²) in [5.74, 6) is 0.754. The summed E-state index contributed by atoms with van der Waals surface area (Å²) in [4.78, 5) is 9.05. The maximum absolute atomic E-state index is 12.3. The molecule has 7 nitrogen and oxygen atoms in total. The molecule has 1 aromatic carbocycles. The number of aryl methyl sites for hydroxylation is 1. The van der Waals surface area contributed by atoms with Crippen LogP contribution in [0.5, 0.6) is 0 Å². The number of halogens is 1. The predicted octanol–water partition coefficient (Wildman–Crippen LogP) is 2.41. The molecule has 0 spiro atoms. The highest BCUT2D eigenvalue weighted by atomic mass is 79.9. The van der Waals surface area contributed by atoms with Gasteiger partial charge in [-0.1, -0.05) is 17.7 Å². The summed E-state index contributed by atoms with van der Waals surface area (Å²) < 4.78 is 32.5. The largest absolute Gasteiger partial charge is 0.330 e. The Bertz CT molecular complexity index is 1020. The fraction of sp³-hybridized carbons (Fsp3) is 0.294. The lowest BCUT2D eigenvalue weighted by Crippen LogP contribution is -2.16. The highest BCUT2D eigenvalue weighted by Gasteiger charge is 2.17. The van der Waals surface area contributed by atoms with Crippen molar-refractivity contribution in [2.24, 2.45) is 5.73 Å². The Morgan fingerprint density at radius 1 is 1.27 bits per heavy atom. The van der Waals surface area contributed by atoms with Crippen LogP contribution in [0.3, 0.4) is 0 Å². The monoisotopic (exact) mass is 438 g/mol. The maximum atomic E-state index is 12.3. The molecule has 0 aliphatic heterocycles. The highest BCUT2D eigenvalue weighted by Crippen LogP contribution is 2.19. The summed E-state index contributed by atoms with van der Waals surface area (Å²) >= 11 is 3.37. The lowest BCUT2D eigenvalue weighted by molar-refractivity contribution is 0.300. The van der Waals surface area contributed by atoms with Gasteiger partial charge < -0.3 is 10.3 Å². The van der Waals surface area contributed by atoms with Gasteiger partial charge in [-0.2, -0.15) is 8.42 Å². The van der Waals surface area contributed by atoms with Crippen molar-refractivity contribution in [1.82, 2.24) is 14.5 Å². The number of aromatic nitrogens is 3. The molecule has 0 radical (unpaired) electrons.